The summed E-state index contributed by atoms with van der Waals surface area (Å²) in [7, 11) is -3.53. The van der Waals surface area contributed by atoms with E-state index in [0.29, 0.717) is 42.3 Å². The molecule has 0 atom stereocenters. The Morgan fingerprint density at radius 3 is 1.96 bits per heavy atom. The van der Waals surface area contributed by atoms with E-state index in [9.17, 15) is 26.4 Å². The van der Waals surface area contributed by atoms with Crippen LogP contribution in [0.25, 0.3) is 10.9 Å². The molecular weight excluding hydrogens is 714 g/mol. The Morgan fingerprint density at radius 1 is 0.830 bits per heavy atom. The predicted octanol–water partition coefficient (Wildman–Crippen LogP) is 7.47. The van der Waals surface area contributed by atoms with Crippen LogP contribution in [-0.2, 0) is 25.0 Å². The van der Waals surface area contributed by atoms with Crippen LogP contribution in [0.1, 0.15) is 85.6 Å². The van der Waals surface area contributed by atoms with Crippen LogP contribution in [0.4, 0.5) is 29.7 Å². The van der Waals surface area contributed by atoms with Gasteiger partial charge >= 0.3 is 18.2 Å². The van der Waals surface area contributed by atoms with Gasteiger partial charge in [-0.1, -0.05) is 45.0 Å². The van der Waals surface area contributed by atoms with Gasteiger partial charge < -0.3 is 25.8 Å². The average molecular weight is 767 g/mol. The zero-order chi connectivity index (χ0) is 39.5. The fourth-order valence-electron chi connectivity index (χ4n) is 5.57. The molecule has 0 unspecified atom stereocenters. The van der Waals surface area contributed by atoms with Crippen molar-refractivity contribution in [3.05, 3.63) is 54.1 Å². The molecule has 1 aliphatic carbocycles. The van der Waals surface area contributed by atoms with E-state index in [1.165, 1.54) is 0 Å². The molecule has 5 N–H and O–H groups in total. The molecule has 1 amide bonds. The quantitative estimate of drug-likeness (QED) is 0.110. The lowest BCUT2D eigenvalue weighted by molar-refractivity contribution is -0.192. The Balaban J connectivity index is 0.000000980. The molecule has 0 spiro atoms. The molecule has 53 heavy (non-hydrogen) atoms. The first-order valence-electron chi connectivity index (χ1n) is 17.8. The van der Waals surface area contributed by atoms with Crippen molar-refractivity contribution in [2.45, 2.75) is 102 Å². The Morgan fingerprint density at radius 2 is 1.40 bits per heavy atom. The summed E-state index contributed by atoms with van der Waals surface area (Å²) in [6.45, 7) is 14.4. The first kappa shape index (κ1) is 43.2. The van der Waals surface area contributed by atoms with Gasteiger partial charge in [-0.25, -0.2) is 27.7 Å². The largest absolute Gasteiger partial charge is 0.490 e. The van der Waals surface area contributed by atoms with Crippen LogP contribution in [0.2, 0.25) is 0 Å². The summed E-state index contributed by atoms with van der Waals surface area (Å²) in [4.78, 5) is 30.6. The third-order valence-electron chi connectivity index (χ3n) is 8.52. The number of anilines is 2. The van der Waals surface area contributed by atoms with Crippen LogP contribution >= 0.6 is 0 Å². The van der Waals surface area contributed by atoms with Gasteiger partial charge in [0, 0.05) is 31.6 Å². The van der Waals surface area contributed by atoms with Crippen molar-refractivity contribution in [1.82, 2.24) is 20.0 Å². The number of aromatic nitrogens is 2. The number of alkyl halides is 3. The standard InChI is InChI=1S/C35H52N6O4S.C2HF3O2/c1-34(2,3)27-17-19-28(20-18-27)46(43,44)39-24-26-15-13-25(14-16-26)23-38-32-40-30-12-8-7-11-29(30)31(41-32)36-21-9-10-22-37-33(42)45-35(4,5)6;3-2(4,5)1(6)7/h7-8,11-12,17-20,25-26,39H,9-10,13-16,21-24H2,1-6H3,(H,37,42)(H2,36,38,40,41);(H,6,7). The highest BCUT2D eigenvalue weighted by Gasteiger charge is 2.38. The van der Waals surface area contributed by atoms with Crippen molar-refractivity contribution in [3.8, 4) is 0 Å². The molecule has 12 nitrogen and oxygen atoms in total. The number of ether oxygens (including phenoxy) is 1. The van der Waals surface area contributed by atoms with E-state index in [-0.39, 0.29) is 5.41 Å². The maximum absolute atomic E-state index is 12.9. The topological polar surface area (TPSA) is 172 Å². The van der Waals surface area contributed by atoms with Gasteiger partial charge in [-0.2, -0.15) is 18.2 Å². The zero-order valence-corrected chi connectivity index (χ0v) is 32.1. The van der Waals surface area contributed by atoms with E-state index < -0.39 is 33.9 Å². The molecular formula is C37H53F3N6O6S. The number of fused-ring (bicyclic) bond motifs is 1. The molecule has 1 heterocycles. The molecule has 1 aromatic heterocycles. The van der Waals surface area contributed by atoms with Crippen molar-refractivity contribution in [2.24, 2.45) is 11.8 Å². The Hall–Kier alpha value is -4.18. The second kappa shape index (κ2) is 18.7. The fraction of sp³-hybridized carbons (Fsp3) is 0.568. The molecule has 4 rings (SSSR count). The van der Waals surface area contributed by atoms with Crippen molar-refractivity contribution in [1.29, 1.82) is 0 Å². The summed E-state index contributed by atoms with van der Waals surface area (Å²) < 4.78 is 65.7. The zero-order valence-electron chi connectivity index (χ0n) is 31.3. The first-order chi connectivity index (χ1) is 24.6. The molecule has 0 saturated heterocycles. The van der Waals surface area contributed by atoms with Crippen LogP contribution in [0.5, 0.6) is 0 Å². The van der Waals surface area contributed by atoms with Gasteiger partial charge in [0.2, 0.25) is 16.0 Å². The van der Waals surface area contributed by atoms with Crippen LogP contribution < -0.4 is 20.7 Å². The van der Waals surface area contributed by atoms with E-state index >= 15 is 0 Å². The molecule has 2 aromatic carbocycles. The number of carbonyl (C=O) groups excluding carboxylic acids is 1. The van der Waals surface area contributed by atoms with E-state index in [1.807, 2.05) is 57.2 Å². The monoisotopic (exact) mass is 766 g/mol. The third kappa shape index (κ3) is 15.0. The molecule has 0 bridgehead atoms. The number of carboxylic acid groups (broad SMARTS) is 1. The maximum atomic E-state index is 12.9. The number of rotatable bonds is 13. The smallest absolute Gasteiger partial charge is 0.475 e. The van der Waals surface area contributed by atoms with Gasteiger partial charge in [-0.3, -0.25) is 0 Å². The number of hydrogen-bond acceptors (Lipinski definition) is 9. The molecule has 3 aromatic rings. The lowest BCUT2D eigenvalue weighted by atomic mass is 9.82. The average Bonchev–Trinajstić information content (AvgIpc) is 3.07. The van der Waals surface area contributed by atoms with Crippen molar-refractivity contribution < 1.29 is 41.0 Å². The summed E-state index contributed by atoms with van der Waals surface area (Å²) in [6, 6.07) is 15.2. The van der Waals surface area contributed by atoms with Gasteiger partial charge in [-0.15, -0.1) is 0 Å². The van der Waals surface area contributed by atoms with E-state index in [2.05, 4.69) is 41.4 Å². The SMILES string of the molecule is CC(C)(C)OC(=O)NCCCCNc1nc(NCC2CCC(CNS(=O)(=O)c3ccc(C(C)(C)C)cc3)CC2)nc2ccccc12.O=C(O)C(F)(F)F. The molecule has 294 valence electrons. The lowest BCUT2D eigenvalue weighted by Gasteiger charge is -2.28. The number of benzene rings is 2. The number of unbranched alkanes of at least 4 members (excludes halogenated alkanes) is 1. The van der Waals surface area contributed by atoms with Crippen LogP contribution in [-0.4, -0.2) is 73.5 Å². The fourth-order valence-corrected chi connectivity index (χ4v) is 6.69. The highest BCUT2D eigenvalue weighted by Crippen LogP contribution is 2.30. The van der Waals surface area contributed by atoms with Gasteiger partial charge in [0.15, 0.2) is 0 Å². The number of alkyl carbamates (subject to hydrolysis) is 1. The molecule has 1 fully saturated rings. The number of carbonyl (C=O) groups is 2. The number of nitrogens with zero attached hydrogens (tertiary/aromatic N) is 2. The van der Waals surface area contributed by atoms with Crippen molar-refractivity contribution in [2.75, 3.05) is 36.8 Å². The number of halogens is 3. The Kier molecular flexibility index (Phi) is 15.3. The summed E-state index contributed by atoms with van der Waals surface area (Å²) in [5.41, 5.74) is 1.46. The summed E-state index contributed by atoms with van der Waals surface area (Å²) in [5, 5.41) is 17.8. The van der Waals surface area contributed by atoms with Gasteiger partial charge in [0.25, 0.3) is 0 Å². The van der Waals surface area contributed by atoms with Gasteiger partial charge in [0.05, 0.1) is 10.4 Å². The summed E-state index contributed by atoms with van der Waals surface area (Å²) >= 11 is 0. The molecule has 0 aliphatic heterocycles. The highest BCUT2D eigenvalue weighted by atomic mass is 32.2. The number of amides is 1. The maximum Gasteiger partial charge on any atom is 0.490 e. The number of sulfonamides is 1. The predicted molar refractivity (Wildman–Crippen MR) is 199 cm³/mol. The minimum absolute atomic E-state index is 0.0205. The molecule has 0 radical (unpaired) electrons. The minimum atomic E-state index is -5.08. The highest BCUT2D eigenvalue weighted by molar-refractivity contribution is 7.89. The van der Waals surface area contributed by atoms with E-state index in [4.69, 9.17) is 24.6 Å². The second-order valence-corrected chi connectivity index (χ2v) is 16.9. The molecule has 16 heteroatoms. The number of hydrogen-bond donors (Lipinski definition) is 5. The lowest BCUT2D eigenvalue weighted by Crippen LogP contribution is -2.33. The number of aliphatic carboxylic acids is 1. The van der Waals surface area contributed by atoms with Crippen molar-refractivity contribution in [3.63, 3.8) is 0 Å². The van der Waals surface area contributed by atoms with Crippen LogP contribution in [0.15, 0.2) is 53.4 Å². The van der Waals surface area contributed by atoms with Gasteiger partial charge in [0.1, 0.15) is 11.4 Å². The first-order valence-corrected chi connectivity index (χ1v) is 19.2. The number of para-hydroxylation sites is 1. The second-order valence-electron chi connectivity index (χ2n) is 15.2. The Labute approximate surface area is 310 Å². The normalized spacial score (nSPS) is 16.6. The van der Waals surface area contributed by atoms with Crippen molar-refractivity contribution >= 4 is 44.8 Å². The third-order valence-corrected chi connectivity index (χ3v) is 9.96. The van der Waals surface area contributed by atoms with E-state index in [1.54, 1.807) is 12.1 Å². The molecule has 1 saturated carbocycles. The number of nitrogens with one attached hydrogen (secondary N) is 4. The summed E-state index contributed by atoms with van der Waals surface area (Å²) in [5.74, 6) is -0.571. The minimum Gasteiger partial charge on any atom is -0.475 e. The van der Waals surface area contributed by atoms with Gasteiger partial charge in [-0.05, 0) is 106 Å². The summed E-state index contributed by atoms with van der Waals surface area (Å²) in [6.07, 6.45) is 0.201. The number of carboxylic acids is 1. The van der Waals surface area contributed by atoms with Crippen LogP contribution in [0, 0.1) is 11.8 Å². The Bertz CT molecular complexity index is 1750. The van der Waals surface area contributed by atoms with Crippen LogP contribution in [0.3, 0.4) is 0 Å². The molecule has 1 aliphatic rings. The van der Waals surface area contributed by atoms with E-state index in [0.717, 1.165) is 67.4 Å².